The number of nitrogens with two attached hydrogens (primary N) is 2. The van der Waals surface area contributed by atoms with E-state index >= 15 is 0 Å². The van der Waals surface area contributed by atoms with Crippen LogP contribution < -0.4 is 75.3 Å². The number of rotatable bonds is 20. The van der Waals surface area contributed by atoms with Crippen molar-refractivity contribution in [2.24, 2.45) is 23.3 Å². The van der Waals surface area contributed by atoms with Crippen molar-refractivity contribution >= 4 is 120 Å². The summed E-state index contributed by atoms with van der Waals surface area (Å²) in [4.78, 5) is 228. The van der Waals surface area contributed by atoms with Crippen LogP contribution in [0.3, 0.4) is 0 Å². The van der Waals surface area contributed by atoms with Crippen molar-refractivity contribution in [3.63, 3.8) is 0 Å². The van der Waals surface area contributed by atoms with E-state index in [2.05, 4.69) is 89.1 Å². The van der Waals surface area contributed by atoms with Gasteiger partial charge in [0.1, 0.15) is 78.5 Å². The number of primary amides is 1. The number of nitrogens with zero attached hydrogens (tertiary/aromatic N) is 3. The molecule has 105 heavy (non-hydrogen) atoms. The standard InChI is InChI=1S/C67H105N17O19S2/c1-6-35(3)51-62(98)78-44(33-104)58(94)75-42(29-38-17-9-8-10-18-38)64(100)82-26-14-21-46(82)60(96)74-41(30-50(88)89)54(90)71-31-49(87)72-39(20-13-25-70-67(69)103)55(91)77-45(34-105)59(95)81-53(37(5)86)63(99)73-40(19-11-12-24-68)56(92)76-43(32-85)57(93)80-52(36(4)7-2)66(102)84-28-16-23-48(84)65(101)83-27-15-22-47(83)61(97)79-51/h8-10,17-18,35-37,39-48,51-53,85-86,104-105H,6-7,11-16,19-34,68H2,1-5H3,(H,71,90)(H,72,87)(H,73,99)(H,74,96)(H,75,94)(H,76,92)(H,77,91)(H,78,98)(H,79,97)(H,80,93)(H,81,95)(H,88,89)(H3,69,70,103)/t35-,36-,37+,39-,40-,41-,42-,43-,44-,45-,46-,47-,48-,51-,52-,53-/m0/s1. The summed E-state index contributed by atoms with van der Waals surface area (Å²) in [5, 5.41) is 61.3. The van der Waals surface area contributed by atoms with Gasteiger partial charge in [0.05, 0.1) is 25.7 Å². The van der Waals surface area contributed by atoms with Gasteiger partial charge in [-0.25, -0.2) is 4.79 Å². The molecule has 0 bridgehead atoms. The summed E-state index contributed by atoms with van der Waals surface area (Å²) in [6.45, 7) is 6.15. The van der Waals surface area contributed by atoms with Gasteiger partial charge in [-0.15, -0.1) is 0 Å². The number of carboxylic acid groups (broad SMARTS) is 1. The Balaban J connectivity index is 1.53. The molecule has 0 spiro atoms. The molecule has 16 atom stereocenters. The maximum Gasteiger partial charge on any atom is 0.312 e. The predicted octanol–water partition coefficient (Wildman–Crippen LogP) is -5.44. The van der Waals surface area contributed by atoms with Crippen LogP contribution in [0.2, 0.25) is 0 Å². The van der Waals surface area contributed by atoms with Gasteiger partial charge in [-0.05, 0) is 101 Å². The molecular formula is C67H105N17O19S2. The van der Waals surface area contributed by atoms with Gasteiger partial charge in [0, 0.05) is 44.1 Å². The largest absolute Gasteiger partial charge is 0.481 e. The zero-order valence-corrected chi connectivity index (χ0v) is 61.6. The van der Waals surface area contributed by atoms with Crippen LogP contribution in [0.25, 0.3) is 0 Å². The van der Waals surface area contributed by atoms with Crippen LogP contribution in [-0.4, -0.2) is 267 Å². The van der Waals surface area contributed by atoms with Crippen molar-refractivity contribution in [2.75, 3.05) is 57.4 Å². The van der Waals surface area contributed by atoms with Crippen LogP contribution >= 0.6 is 25.3 Å². The number of aliphatic hydroxyl groups is 2. The Morgan fingerprint density at radius 2 is 0.971 bits per heavy atom. The summed E-state index contributed by atoms with van der Waals surface area (Å²) in [7, 11) is 0. The Bertz CT molecular complexity index is 3250. The van der Waals surface area contributed by atoms with E-state index in [0.29, 0.717) is 37.7 Å². The van der Waals surface area contributed by atoms with E-state index in [1.54, 1.807) is 58.0 Å². The quantitative estimate of drug-likeness (QED) is 0.0428. The minimum atomic E-state index is -1.88. The van der Waals surface area contributed by atoms with Gasteiger partial charge < -0.3 is 105 Å². The van der Waals surface area contributed by atoms with Gasteiger partial charge in [0.25, 0.3) is 0 Å². The smallest absolute Gasteiger partial charge is 0.312 e. The number of nitrogens with one attached hydrogen (secondary N) is 12. The fourth-order valence-corrected chi connectivity index (χ4v) is 13.2. The number of carbonyl (C=O) groups excluding carboxylic acids is 15. The molecule has 19 N–H and O–H groups in total. The summed E-state index contributed by atoms with van der Waals surface area (Å²) in [5.41, 5.74) is 11.5. The lowest BCUT2D eigenvalue weighted by Gasteiger charge is -2.35. The second-order valence-corrected chi connectivity index (χ2v) is 27.5. The number of fused-ring (bicyclic) bond motifs is 3. The van der Waals surface area contributed by atoms with E-state index in [4.69, 9.17) is 11.5 Å². The Kier molecular flexibility index (Phi) is 35.5. The van der Waals surface area contributed by atoms with E-state index in [-0.39, 0.29) is 96.3 Å². The second kappa shape index (κ2) is 42.9. The number of carbonyl (C=O) groups is 16. The number of aliphatic carboxylic acids is 1. The molecule has 0 aromatic heterocycles. The van der Waals surface area contributed by atoms with Crippen LogP contribution in [0.5, 0.6) is 0 Å². The molecule has 4 fully saturated rings. The van der Waals surface area contributed by atoms with Crippen LogP contribution in [0.15, 0.2) is 30.3 Å². The maximum atomic E-state index is 14.8. The second-order valence-electron chi connectivity index (χ2n) is 26.8. The maximum absolute atomic E-state index is 14.8. The SMILES string of the molecule is CC[C@H](C)[C@@H]1NC(=O)[C@@H]2CCCN2C(=O)[C@@H]2CCCN2C(=O)[C@H]([C@@H](C)CC)NC(=O)[C@H](CO)NC(=O)[C@H](CCCCN)NC(=O)[C@H]([C@@H](C)O)NC(=O)[C@H](CS)NC(=O)[C@H](CCCNC(N)=O)NC(=O)CNC(=O)[C@H](CC(=O)O)NC(=O)[C@@H]2CCCN2C(=O)[C@H](Cc2ccccc2)NC(=O)[C@H](CS)NC1=O. The minimum absolute atomic E-state index is 0.00472. The van der Waals surface area contributed by atoms with Gasteiger partial charge in [-0.3, -0.25) is 71.9 Å². The molecule has 1 aromatic carbocycles. The lowest BCUT2D eigenvalue weighted by molar-refractivity contribution is -0.149. The number of urea groups is 1. The molecule has 1 aromatic rings. The molecule has 16 amide bonds. The normalized spacial score (nSPS) is 27.9. The van der Waals surface area contributed by atoms with E-state index in [9.17, 15) is 92.0 Å². The van der Waals surface area contributed by atoms with Gasteiger partial charge in [0.2, 0.25) is 82.7 Å². The molecule has 0 saturated carbocycles. The number of unbranched alkanes of at least 4 members (excludes halogenated alkanes) is 1. The number of hydrogen-bond donors (Lipinski definition) is 19. The molecule has 38 heteroatoms. The zero-order valence-electron chi connectivity index (χ0n) is 59.9. The average molecular weight is 1520 g/mol. The zero-order chi connectivity index (χ0) is 77.8. The summed E-state index contributed by atoms with van der Waals surface area (Å²) in [5.74, 6) is -16.6. The third-order valence-corrected chi connectivity index (χ3v) is 19.8. The topological polar surface area (TPSA) is 540 Å². The lowest BCUT2D eigenvalue weighted by Crippen LogP contribution is -2.63. The highest BCUT2D eigenvalue weighted by Crippen LogP contribution is 2.28. The van der Waals surface area contributed by atoms with Crippen LogP contribution in [0, 0.1) is 11.8 Å². The van der Waals surface area contributed by atoms with Crippen LogP contribution in [0.4, 0.5) is 4.79 Å². The summed E-state index contributed by atoms with van der Waals surface area (Å²) in [6, 6.07) is -11.8. The van der Waals surface area contributed by atoms with Gasteiger partial charge in [-0.1, -0.05) is 70.9 Å². The van der Waals surface area contributed by atoms with Crippen molar-refractivity contribution in [3.05, 3.63) is 35.9 Å². The highest BCUT2D eigenvalue weighted by Gasteiger charge is 2.47. The molecule has 4 aliphatic rings. The third kappa shape index (κ3) is 25.4. The fraction of sp³-hybridized carbons (Fsp3) is 0.672. The highest BCUT2D eigenvalue weighted by atomic mass is 32.1. The van der Waals surface area contributed by atoms with Crippen molar-refractivity contribution in [2.45, 2.75) is 216 Å². The Morgan fingerprint density at radius 1 is 0.524 bits per heavy atom. The van der Waals surface area contributed by atoms with Crippen LogP contribution in [0.1, 0.15) is 130 Å². The number of hydrogen-bond acceptors (Lipinski definition) is 21. The first-order valence-electron chi connectivity index (χ1n) is 35.7. The molecule has 5 rings (SSSR count). The number of carboxylic acids is 1. The van der Waals surface area contributed by atoms with E-state index in [1.165, 1.54) is 9.80 Å². The molecule has 4 heterocycles. The Morgan fingerprint density at radius 3 is 1.52 bits per heavy atom. The molecular weight excluding hydrogens is 1410 g/mol. The highest BCUT2D eigenvalue weighted by molar-refractivity contribution is 7.80. The number of amides is 16. The number of benzene rings is 1. The van der Waals surface area contributed by atoms with Crippen molar-refractivity contribution in [1.29, 1.82) is 0 Å². The van der Waals surface area contributed by atoms with Crippen molar-refractivity contribution in [1.82, 2.24) is 78.5 Å². The van der Waals surface area contributed by atoms with Crippen molar-refractivity contribution in [3.8, 4) is 0 Å². The summed E-state index contributed by atoms with van der Waals surface area (Å²) in [6.07, 6.45) is -0.900. The average Bonchev–Trinajstić information content (AvgIpc) is 1.50. The fourth-order valence-electron chi connectivity index (χ4n) is 12.7. The molecule has 4 aliphatic heterocycles. The van der Waals surface area contributed by atoms with E-state index < -0.39 is 217 Å². The van der Waals surface area contributed by atoms with E-state index in [1.807, 2.05) is 0 Å². The lowest BCUT2D eigenvalue weighted by atomic mass is 9.96. The molecule has 4 saturated heterocycles. The summed E-state index contributed by atoms with van der Waals surface area (Å²) >= 11 is 8.60. The summed E-state index contributed by atoms with van der Waals surface area (Å²) < 4.78 is 0. The molecule has 0 unspecified atom stereocenters. The molecule has 0 radical (unpaired) electrons. The minimum Gasteiger partial charge on any atom is -0.481 e. The van der Waals surface area contributed by atoms with Crippen molar-refractivity contribution < 1.29 is 92.0 Å². The first-order chi connectivity index (χ1) is 49.9. The number of thiol groups is 2. The predicted molar refractivity (Wildman–Crippen MR) is 384 cm³/mol. The number of aliphatic hydroxyl groups excluding tert-OH is 2. The molecule has 0 aliphatic carbocycles. The monoisotopic (exact) mass is 1520 g/mol. The Labute approximate surface area is 620 Å². The van der Waals surface area contributed by atoms with Gasteiger partial charge >= 0.3 is 12.0 Å². The van der Waals surface area contributed by atoms with Gasteiger partial charge in [-0.2, -0.15) is 25.3 Å². The molecule has 584 valence electrons. The Hall–Kier alpha value is -8.88. The first kappa shape index (κ1) is 86.8. The van der Waals surface area contributed by atoms with Crippen LogP contribution in [-0.2, 0) is 78.3 Å². The molecule has 36 nitrogen and oxygen atoms in total. The van der Waals surface area contributed by atoms with Gasteiger partial charge in [0.15, 0.2) is 0 Å². The van der Waals surface area contributed by atoms with E-state index in [0.717, 1.165) is 11.8 Å². The first-order valence-corrected chi connectivity index (χ1v) is 36.9. The third-order valence-electron chi connectivity index (χ3n) is 19.1.